The first-order chi connectivity index (χ1) is 8.55. The molecule has 1 N–H and O–H groups in total. The average Bonchev–Trinajstić information content (AvgIpc) is 2.95. The topological polar surface area (TPSA) is 75.4 Å². The molecule has 2 rings (SSSR count). The molecule has 1 fully saturated rings. The van der Waals surface area contributed by atoms with Crippen LogP contribution in [0.3, 0.4) is 0 Å². The molecular formula is C11H19N3O3S. The van der Waals surface area contributed by atoms with Gasteiger partial charge in [-0.3, -0.25) is 4.68 Å². The van der Waals surface area contributed by atoms with E-state index in [2.05, 4.69) is 5.10 Å². The van der Waals surface area contributed by atoms with Gasteiger partial charge in [0.25, 0.3) is 0 Å². The van der Waals surface area contributed by atoms with E-state index in [1.807, 2.05) is 6.92 Å². The highest BCUT2D eigenvalue weighted by Gasteiger charge is 2.33. The summed E-state index contributed by atoms with van der Waals surface area (Å²) in [5.41, 5.74) is 0. The summed E-state index contributed by atoms with van der Waals surface area (Å²) < 4.78 is 27.8. The summed E-state index contributed by atoms with van der Waals surface area (Å²) in [6.07, 6.45) is 5.33. The monoisotopic (exact) mass is 273 g/mol. The van der Waals surface area contributed by atoms with Crippen LogP contribution in [-0.4, -0.2) is 46.8 Å². The Balaban J connectivity index is 2.17. The number of rotatable bonds is 5. The van der Waals surface area contributed by atoms with Gasteiger partial charge in [0.1, 0.15) is 4.90 Å². The Kier molecular flexibility index (Phi) is 4.04. The van der Waals surface area contributed by atoms with Crippen molar-refractivity contribution < 1.29 is 13.5 Å². The predicted octanol–water partition coefficient (Wildman–Crippen LogP) is 0.438. The highest BCUT2D eigenvalue weighted by atomic mass is 32.2. The molecule has 0 bridgehead atoms. The number of aryl methyl sites for hydroxylation is 1. The molecule has 6 nitrogen and oxygen atoms in total. The van der Waals surface area contributed by atoms with Crippen molar-refractivity contribution in [1.29, 1.82) is 0 Å². The van der Waals surface area contributed by atoms with Crippen molar-refractivity contribution in [2.24, 2.45) is 0 Å². The van der Waals surface area contributed by atoms with Gasteiger partial charge in [-0.25, -0.2) is 8.42 Å². The first-order valence-electron chi connectivity index (χ1n) is 6.21. The van der Waals surface area contributed by atoms with Crippen LogP contribution in [-0.2, 0) is 16.6 Å². The van der Waals surface area contributed by atoms with Crippen LogP contribution < -0.4 is 0 Å². The molecule has 1 aliphatic heterocycles. The standard InChI is InChI=1S/C11H19N3O3S/c1-10-4-2-6-14(10)18(16,17)11-8-12-13(9-11)5-3-7-15/h8-10,15H,2-7H2,1H3. The van der Waals surface area contributed by atoms with Gasteiger partial charge in [-0.1, -0.05) is 0 Å². The lowest BCUT2D eigenvalue weighted by atomic mass is 10.3. The Morgan fingerprint density at radius 2 is 2.33 bits per heavy atom. The van der Waals surface area contributed by atoms with E-state index < -0.39 is 10.0 Å². The number of sulfonamides is 1. The molecule has 0 aliphatic carbocycles. The molecule has 1 saturated heterocycles. The predicted molar refractivity (Wildman–Crippen MR) is 66.5 cm³/mol. The van der Waals surface area contributed by atoms with Crippen molar-refractivity contribution in [3.63, 3.8) is 0 Å². The lowest BCUT2D eigenvalue weighted by molar-refractivity contribution is 0.277. The molecule has 1 atom stereocenters. The van der Waals surface area contributed by atoms with E-state index in [9.17, 15) is 8.42 Å². The Labute approximate surface area is 107 Å². The van der Waals surface area contributed by atoms with Crippen LogP contribution in [0.5, 0.6) is 0 Å². The van der Waals surface area contributed by atoms with Crippen LogP contribution in [0, 0.1) is 0 Å². The van der Waals surface area contributed by atoms with E-state index in [0.717, 1.165) is 12.8 Å². The van der Waals surface area contributed by atoms with Crippen LogP contribution >= 0.6 is 0 Å². The second-order valence-corrected chi connectivity index (χ2v) is 6.51. The minimum absolute atomic E-state index is 0.0655. The van der Waals surface area contributed by atoms with Crippen LogP contribution in [0.4, 0.5) is 0 Å². The maximum absolute atomic E-state index is 12.4. The van der Waals surface area contributed by atoms with E-state index in [0.29, 0.717) is 19.5 Å². The molecule has 0 aromatic carbocycles. The highest BCUT2D eigenvalue weighted by molar-refractivity contribution is 7.89. The van der Waals surface area contributed by atoms with Gasteiger partial charge >= 0.3 is 0 Å². The van der Waals surface area contributed by atoms with Crippen molar-refractivity contribution in [2.45, 2.75) is 43.7 Å². The van der Waals surface area contributed by atoms with Gasteiger partial charge in [-0.05, 0) is 26.2 Å². The summed E-state index contributed by atoms with van der Waals surface area (Å²) >= 11 is 0. The fraction of sp³-hybridized carbons (Fsp3) is 0.727. The van der Waals surface area contributed by atoms with Crippen molar-refractivity contribution in [3.05, 3.63) is 12.4 Å². The third kappa shape index (κ3) is 2.57. The Morgan fingerprint density at radius 3 is 2.94 bits per heavy atom. The number of hydrogen-bond acceptors (Lipinski definition) is 4. The molecule has 0 spiro atoms. The molecule has 1 aromatic heterocycles. The summed E-state index contributed by atoms with van der Waals surface area (Å²) in [7, 11) is -3.40. The Hall–Kier alpha value is -0.920. The molecule has 2 heterocycles. The first-order valence-corrected chi connectivity index (χ1v) is 7.65. The van der Waals surface area contributed by atoms with Gasteiger partial charge < -0.3 is 5.11 Å². The number of hydrogen-bond donors (Lipinski definition) is 1. The van der Waals surface area contributed by atoms with E-state index in [1.54, 1.807) is 8.99 Å². The number of aromatic nitrogens is 2. The number of aliphatic hydroxyl groups excluding tert-OH is 1. The summed E-state index contributed by atoms with van der Waals surface area (Å²) in [6.45, 7) is 3.12. The Bertz CT molecular complexity index is 497. The average molecular weight is 273 g/mol. The van der Waals surface area contributed by atoms with Crippen molar-refractivity contribution in [1.82, 2.24) is 14.1 Å². The SMILES string of the molecule is CC1CCCN1S(=O)(=O)c1cnn(CCCO)c1. The quantitative estimate of drug-likeness (QED) is 0.844. The molecule has 102 valence electrons. The largest absolute Gasteiger partial charge is 0.396 e. The zero-order chi connectivity index (χ0) is 13.2. The fourth-order valence-corrected chi connectivity index (χ4v) is 3.89. The van der Waals surface area contributed by atoms with Gasteiger partial charge in [0, 0.05) is 31.9 Å². The smallest absolute Gasteiger partial charge is 0.246 e. The molecule has 0 radical (unpaired) electrons. The lowest BCUT2D eigenvalue weighted by Crippen LogP contribution is -2.33. The van der Waals surface area contributed by atoms with Crippen LogP contribution in [0.2, 0.25) is 0 Å². The van der Waals surface area contributed by atoms with Crippen molar-refractivity contribution in [3.8, 4) is 0 Å². The Morgan fingerprint density at radius 1 is 1.56 bits per heavy atom. The zero-order valence-electron chi connectivity index (χ0n) is 10.5. The maximum atomic E-state index is 12.4. The number of nitrogens with zero attached hydrogens (tertiary/aromatic N) is 3. The van der Waals surface area contributed by atoms with Gasteiger partial charge in [0.05, 0.1) is 6.20 Å². The van der Waals surface area contributed by atoms with Crippen molar-refractivity contribution >= 4 is 10.0 Å². The minimum atomic E-state index is -3.40. The maximum Gasteiger partial charge on any atom is 0.246 e. The molecule has 1 unspecified atom stereocenters. The normalized spacial score (nSPS) is 21.6. The summed E-state index contributed by atoms with van der Waals surface area (Å²) in [5.74, 6) is 0. The molecule has 18 heavy (non-hydrogen) atoms. The summed E-state index contributed by atoms with van der Waals surface area (Å²) in [4.78, 5) is 0.245. The molecule has 1 aliphatic rings. The minimum Gasteiger partial charge on any atom is -0.396 e. The summed E-state index contributed by atoms with van der Waals surface area (Å²) in [5, 5.41) is 12.8. The second-order valence-electron chi connectivity index (χ2n) is 4.62. The van der Waals surface area contributed by atoms with Gasteiger partial charge in [-0.15, -0.1) is 0 Å². The molecule has 1 aromatic rings. The summed E-state index contributed by atoms with van der Waals surface area (Å²) in [6, 6.07) is 0.0655. The van der Waals surface area contributed by atoms with E-state index in [4.69, 9.17) is 5.11 Å². The van der Waals surface area contributed by atoms with Gasteiger partial charge in [0.2, 0.25) is 10.0 Å². The third-order valence-corrected chi connectivity index (χ3v) is 5.22. The highest BCUT2D eigenvalue weighted by Crippen LogP contribution is 2.25. The van der Waals surface area contributed by atoms with Crippen LogP contribution in [0.25, 0.3) is 0 Å². The van der Waals surface area contributed by atoms with Gasteiger partial charge in [-0.2, -0.15) is 9.40 Å². The second kappa shape index (κ2) is 5.38. The first kappa shape index (κ1) is 13.5. The third-order valence-electron chi connectivity index (χ3n) is 3.25. The van der Waals surface area contributed by atoms with E-state index in [1.165, 1.54) is 12.4 Å². The van der Waals surface area contributed by atoms with Crippen LogP contribution in [0.15, 0.2) is 17.3 Å². The van der Waals surface area contributed by atoms with Gasteiger partial charge in [0.15, 0.2) is 0 Å². The van der Waals surface area contributed by atoms with Crippen molar-refractivity contribution in [2.75, 3.05) is 13.2 Å². The van der Waals surface area contributed by atoms with Crippen LogP contribution in [0.1, 0.15) is 26.2 Å². The van der Waals surface area contributed by atoms with E-state index >= 15 is 0 Å². The van der Waals surface area contributed by atoms with E-state index in [-0.39, 0.29) is 17.5 Å². The number of aliphatic hydroxyl groups is 1. The molecule has 0 amide bonds. The molecule has 7 heteroatoms. The molecule has 0 saturated carbocycles. The lowest BCUT2D eigenvalue weighted by Gasteiger charge is -2.19. The fourth-order valence-electron chi connectivity index (χ4n) is 2.23. The molecular weight excluding hydrogens is 254 g/mol. The zero-order valence-corrected chi connectivity index (χ0v) is 11.3.